The van der Waals surface area contributed by atoms with E-state index in [0.29, 0.717) is 16.7 Å². The van der Waals surface area contributed by atoms with Crippen LogP contribution in [0.15, 0.2) is 59.6 Å². The molecule has 1 amide bonds. The molecule has 0 heterocycles. The van der Waals surface area contributed by atoms with Crippen molar-refractivity contribution in [3.63, 3.8) is 0 Å². The van der Waals surface area contributed by atoms with Crippen molar-refractivity contribution in [1.82, 2.24) is 4.90 Å². The maximum absolute atomic E-state index is 14.0. The van der Waals surface area contributed by atoms with E-state index in [1.807, 2.05) is 0 Å². The molecule has 0 radical (unpaired) electrons. The minimum atomic E-state index is -3.14. The van der Waals surface area contributed by atoms with Gasteiger partial charge in [-0.1, -0.05) is 34.1 Å². The molecule has 2 aromatic rings. The number of carbonyl (C=O) groups excluding carboxylic acids is 1. The minimum absolute atomic E-state index is 0.0822. The van der Waals surface area contributed by atoms with Crippen LogP contribution in [0.4, 0.5) is 4.39 Å². The fourth-order valence-corrected chi connectivity index (χ4v) is 3.68. The van der Waals surface area contributed by atoms with E-state index in [-0.39, 0.29) is 24.7 Å². The first-order valence-electron chi connectivity index (χ1n) is 7.80. The third kappa shape index (κ3) is 5.78. The van der Waals surface area contributed by atoms with Gasteiger partial charge in [0.2, 0.25) is 0 Å². The first kappa shape index (κ1) is 20.3. The summed E-state index contributed by atoms with van der Waals surface area (Å²) >= 11 is 3.30. The summed E-state index contributed by atoms with van der Waals surface area (Å²) in [6.45, 7) is 4.01. The monoisotopic (exact) mass is 439 g/mol. The maximum atomic E-state index is 14.0. The van der Waals surface area contributed by atoms with Crippen LogP contribution >= 0.6 is 15.9 Å². The Labute approximate surface area is 161 Å². The van der Waals surface area contributed by atoms with E-state index in [9.17, 15) is 17.6 Å². The number of nitrogens with zero attached hydrogens (tertiary/aromatic N) is 1. The summed E-state index contributed by atoms with van der Waals surface area (Å²) in [4.78, 5) is 14.2. The molecule has 2 aromatic carbocycles. The molecule has 0 saturated heterocycles. The van der Waals surface area contributed by atoms with Crippen LogP contribution in [0.2, 0.25) is 0 Å². The van der Waals surface area contributed by atoms with E-state index in [1.54, 1.807) is 42.5 Å². The first-order chi connectivity index (χ1) is 12.2. The molecule has 4 nitrogen and oxygen atoms in total. The van der Waals surface area contributed by atoms with Gasteiger partial charge in [-0.3, -0.25) is 4.79 Å². The van der Waals surface area contributed by atoms with Crippen LogP contribution in [0.25, 0.3) is 0 Å². The van der Waals surface area contributed by atoms with Gasteiger partial charge in [-0.25, -0.2) is 12.8 Å². The Morgan fingerprint density at radius 1 is 1.23 bits per heavy atom. The minimum Gasteiger partial charge on any atom is -0.330 e. The first-order valence-corrected chi connectivity index (χ1v) is 10.7. The zero-order valence-electron chi connectivity index (χ0n) is 14.3. The van der Waals surface area contributed by atoms with Crippen LogP contribution in [0.1, 0.15) is 21.5 Å². The Morgan fingerprint density at radius 2 is 1.88 bits per heavy atom. The number of rotatable bonds is 7. The molecule has 0 bridgehead atoms. The number of benzene rings is 2. The molecule has 2 rings (SSSR count). The molecule has 0 aliphatic carbocycles. The molecule has 0 aromatic heterocycles. The molecule has 0 fully saturated rings. The van der Waals surface area contributed by atoms with Gasteiger partial charge in [-0.05, 0) is 35.9 Å². The predicted molar refractivity (Wildman–Crippen MR) is 104 cm³/mol. The van der Waals surface area contributed by atoms with Gasteiger partial charge in [0.25, 0.3) is 5.91 Å². The summed E-state index contributed by atoms with van der Waals surface area (Å²) in [5, 5.41) is 0. The lowest BCUT2D eigenvalue weighted by atomic mass is 10.1. The van der Waals surface area contributed by atoms with Crippen LogP contribution in [-0.2, 0) is 22.1 Å². The van der Waals surface area contributed by atoms with Crippen molar-refractivity contribution in [1.29, 1.82) is 0 Å². The third-order valence-corrected chi connectivity index (χ3v) is 4.99. The molecule has 0 atom stereocenters. The zero-order chi connectivity index (χ0) is 19.3. The van der Waals surface area contributed by atoms with Crippen LogP contribution in [0.3, 0.4) is 0 Å². The number of amides is 1. The maximum Gasteiger partial charge on any atom is 0.254 e. The summed E-state index contributed by atoms with van der Waals surface area (Å²) in [6.07, 6.45) is 2.73. The van der Waals surface area contributed by atoms with Crippen LogP contribution < -0.4 is 0 Å². The summed E-state index contributed by atoms with van der Waals surface area (Å²) in [6, 6.07) is 11.0. The highest BCUT2D eigenvalue weighted by Gasteiger charge is 2.17. The molecule has 0 spiro atoms. The van der Waals surface area contributed by atoms with E-state index >= 15 is 0 Å². The molecule has 0 saturated carbocycles. The molecular weight excluding hydrogens is 421 g/mol. The van der Waals surface area contributed by atoms with Crippen molar-refractivity contribution >= 4 is 31.7 Å². The molecule has 138 valence electrons. The summed E-state index contributed by atoms with van der Waals surface area (Å²) in [5.74, 6) is -0.755. The largest absolute Gasteiger partial charge is 0.330 e. The molecule has 0 N–H and O–H groups in total. The van der Waals surface area contributed by atoms with Gasteiger partial charge in [-0.2, -0.15) is 0 Å². The average Bonchev–Trinajstić information content (AvgIpc) is 2.56. The van der Waals surface area contributed by atoms with Crippen molar-refractivity contribution in [3.05, 3.63) is 82.1 Å². The Bertz CT molecular complexity index is 911. The van der Waals surface area contributed by atoms with E-state index in [4.69, 9.17) is 0 Å². The molecule has 0 aliphatic heterocycles. The van der Waals surface area contributed by atoms with E-state index < -0.39 is 15.7 Å². The number of halogens is 2. The average molecular weight is 440 g/mol. The quantitative estimate of drug-likeness (QED) is 0.613. The Kier molecular flexibility index (Phi) is 6.72. The Hall–Kier alpha value is -1.99. The predicted octanol–water partition coefficient (Wildman–Crippen LogP) is 3.96. The van der Waals surface area contributed by atoms with E-state index in [1.165, 1.54) is 11.0 Å². The normalized spacial score (nSPS) is 11.2. The number of hydrogen-bond donors (Lipinski definition) is 0. The van der Waals surface area contributed by atoms with Gasteiger partial charge < -0.3 is 4.90 Å². The van der Waals surface area contributed by atoms with E-state index in [2.05, 4.69) is 22.5 Å². The number of hydrogen-bond acceptors (Lipinski definition) is 3. The number of carbonyl (C=O) groups is 1. The lowest BCUT2D eigenvalue weighted by molar-refractivity contribution is 0.0761. The lowest BCUT2D eigenvalue weighted by Crippen LogP contribution is -2.31. The van der Waals surface area contributed by atoms with Crippen molar-refractivity contribution in [3.8, 4) is 0 Å². The lowest BCUT2D eigenvalue weighted by Gasteiger charge is -2.22. The molecule has 0 unspecified atom stereocenters. The van der Waals surface area contributed by atoms with Crippen molar-refractivity contribution in [2.45, 2.75) is 12.3 Å². The fourth-order valence-electron chi connectivity index (χ4n) is 2.47. The molecule has 7 heteroatoms. The molecule has 0 aliphatic rings. The fraction of sp³-hybridized carbons (Fsp3) is 0.211. The summed E-state index contributed by atoms with van der Waals surface area (Å²) < 4.78 is 37.4. The van der Waals surface area contributed by atoms with Gasteiger partial charge in [-0.15, -0.1) is 6.58 Å². The zero-order valence-corrected chi connectivity index (χ0v) is 16.7. The van der Waals surface area contributed by atoms with E-state index in [0.717, 1.165) is 10.7 Å². The second-order valence-electron chi connectivity index (χ2n) is 5.98. The van der Waals surface area contributed by atoms with Gasteiger partial charge in [0.15, 0.2) is 9.84 Å². The highest BCUT2D eigenvalue weighted by Crippen LogP contribution is 2.19. The number of sulfone groups is 1. The topological polar surface area (TPSA) is 54.5 Å². The smallest absolute Gasteiger partial charge is 0.254 e. The molecule has 26 heavy (non-hydrogen) atoms. The summed E-state index contributed by atoms with van der Waals surface area (Å²) in [7, 11) is -3.14. The van der Waals surface area contributed by atoms with Crippen LogP contribution in [0.5, 0.6) is 0 Å². The summed E-state index contributed by atoms with van der Waals surface area (Å²) in [5.41, 5.74) is 1.40. The third-order valence-electron chi connectivity index (χ3n) is 3.64. The van der Waals surface area contributed by atoms with Crippen molar-refractivity contribution in [2.75, 3.05) is 12.8 Å². The van der Waals surface area contributed by atoms with Crippen molar-refractivity contribution in [2.24, 2.45) is 0 Å². The molecular formula is C19H19BrFNO3S. The highest BCUT2D eigenvalue weighted by molar-refractivity contribution is 9.10. The standard InChI is InChI=1S/C19H19BrFNO3S/c1-3-10-22(12-16-11-17(20)8-9-18(16)21)19(23)15-6-4-14(5-7-15)13-26(2,24)25/h3-9,11H,1,10,12-13H2,2H3. The SMILES string of the molecule is C=CCN(Cc1cc(Br)ccc1F)C(=O)c1ccc(CS(C)(=O)=O)cc1. The second-order valence-corrected chi connectivity index (χ2v) is 9.03. The Morgan fingerprint density at radius 3 is 2.46 bits per heavy atom. The van der Waals surface area contributed by atoms with Gasteiger partial charge in [0, 0.05) is 34.9 Å². The second kappa shape index (κ2) is 8.60. The highest BCUT2D eigenvalue weighted by atomic mass is 79.9. The van der Waals surface area contributed by atoms with Crippen LogP contribution in [0, 0.1) is 5.82 Å². The van der Waals surface area contributed by atoms with Gasteiger partial charge >= 0.3 is 0 Å². The van der Waals surface area contributed by atoms with Gasteiger partial charge in [0.1, 0.15) is 5.82 Å². The van der Waals surface area contributed by atoms with Crippen molar-refractivity contribution < 1.29 is 17.6 Å². The van der Waals surface area contributed by atoms with Gasteiger partial charge in [0.05, 0.1) is 5.75 Å². The Balaban J connectivity index is 2.22. The van der Waals surface area contributed by atoms with Crippen LogP contribution in [-0.4, -0.2) is 32.0 Å².